The lowest BCUT2D eigenvalue weighted by Crippen LogP contribution is -2.09. The van der Waals surface area contributed by atoms with Crippen LogP contribution in [0.4, 0.5) is 5.00 Å². The van der Waals surface area contributed by atoms with Gasteiger partial charge in [0.1, 0.15) is 18.1 Å². The average Bonchev–Trinajstić information content (AvgIpc) is 2.84. The molecular formula is C12H16N4OS. The third-order valence-electron chi connectivity index (χ3n) is 2.59. The van der Waals surface area contributed by atoms with E-state index in [9.17, 15) is 0 Å². The summed E-state index contributed by atoms with van der Waals surface area (Å²) in [6.07, 6.45) is 0. The van der Waals surface area contributed by atoms with Gasteiger partial charge in [-0.15, -0.1) is 5.10 Å². The van der Waals surface area contributed by atoms with Crippen LogP contribution in [-0.2, 0) is 6.61 Å². The number of hydrazine groups is 1. The zero-order chi connectivity index (χ0) is 13.0. The molecule has 0 amide bonds. The average molecular weight is 264 g/mol. The number of benzene rings is 1. The van der Waals surface area contributed by atoms with Gasteiger partial charge in [-0.2, -0.15) is 0 Å². The van der Waals surface area contributed by atoms with E-state index in [1.165, 1.54) is 17.1 Å². The van der Waals surface area contributed by atoms with Crippen molar-refractivity contribution in [1.29, 1.82) is 0 Å². The van der Waals surface area contributed by atoms with Gasteiger partial charge in [0.15, 0.2) is 5.00 Å². The Kier molecular flexibility index (Phi) is 4.11. The van der Waals surface area contributed by atoms with Crippen LogP contribution >= 0.6 is 11.5 Å². The normalized spacial score (nSPS) is 10.7. The first kappa shape index (κ1) is 12.8. The van der Waals surface area contributed by atoms with Gasteiger partial charge in [0.05, 0.1) is 0 Å². The van der Waals surface area contributed by atoms with Crippen LogP contribution in [0, 0.1) is 0 Å². The van der Waals surface area contributed by atoms with E-state index in [0.717, 1.165) is 16.4 Å². The Morgan fingerprint density at radius 1 is 1.39 bits per heavy atom. The standard InChI is InChI=1S/C12H16N4OS/c1-8(2)9-5-3-4-6-11(9)17-7-10-12(14-13)18-16-15-10/h3-6,8,14H,7,13H2,1-2H3. The number of aromatic nitrogens is 2. The van der Waals surface area contributed by atoms with Crippen LogP contribution in [0.5, 0.6) is 5.75 Å². The minimum absolute atomic E-state index is 0.361. The highest BCUT2D eigenvalue weighted by molar-refractivity contribution is 7.10. The molecule has 0 spiro atoms. The minimum Gasteiger partial charge on any atom is -0.487 e. The van der Waals surface area contributed by atoms with Crippen molar-refractivity contribution in [3.8, 4) is 5.75 Å². The largest absolute Gasteiger partial charge is 0.487 e. The molecule has 96 valence electrons. The third kappa shape index (κ3) is 2.77. The smallest absolute Gasteiger partial charge is 0.150 e. The molecule has 2 aromatic rings. The van der Waals surface area contributed by atoms with E-state index < -0.39 is 0 Å². The van der Waals surface area contributed by atoms with Crippen molar-refractivity contribution in [1.82, 2.24) is 9.59 Å². The van der Waals surface area contributed by atoms with Crippen LogP contribution in [-0.4, -0.2) is 9.59 Å². The Bertz CT molecular complexity index is 512. The number of hydrogen-bond donors (Lipinski definition) is 2. The van der Waals surface area contributed by atoms with Crippen LogP contribution in [0.15, 0.2) is 24.3 Å². The number of nitrogens with one attached hydrogen (secondary N) is 1. The summed E-state index contributed by atoms with van der Waals surface area (Å²) in [6, 6.07) is 8.01. The number of hydrogen-bond acceptors (Lipinski definition) is 6. The molecule has 3 N–H and O–H groups in total. The molecule has 1 heterocycles. The molecule has 5 nitrogen and oxygen atoms in total. The quantitative estimate of drug-likeness (QED) is 0.641. The lowest BCUT2D eigenvalue weighted by atomic mass is 10.0. The summed E-state index contributed by atoms with van der Waals surface area (Å²) in [7, 11) is 0. The second-order valence-corrected chi connectivity index (χ2v) is 4.93. The van der Waals surface area contributed by atoms with Gasteiger partial charge < -0.3 is 10.2 Å². The lowest BCUT2D eigenvalue weighted by Gasteiger charge is -2.13. The first-order chi connectivity index (χ1) is 8.72. The Hall–Kier alpha value is -1.66. The summed E-state index contributed by atoms with van der Waals surface area (Å²) < 4.78 is 9.63. The summed E-state index contributed by atoms with van der Waals surface area (Å²) in [5.41, 5.74) is 4.47. The molecule has 0 saturated carbocycles. The van der Waals surface area contributed by atoms with Crippen LogP contribution in [0.3, 0.4) is 0 Å². The maximum atomic E-state index is 5.79. The lowest BCUT2D eigenvalue weighted by molar-refractivity contribution is 0.297. The number of anilines is 1. The Morgan fingerprint density at radius 2 is 2.17 bits per heavy atom. The molecule has 1 aromatic carbocycles. The SMILES string of the molecule is CC(C)c1ccccc1OCc1nnsc1NN. The van der Waals surface area contributed by atoms with Crippen molar-refractivity contribution in [2.75, 3.05) is 5.43 Å². The van der Waals surface area contributed by atoms with Crippen molar-refractivity contribution in [2.45, 2.75) is 26.4 Å². The topological polar surface area (TPSA) is 73.1 Å². The van der Waals surface area contributed by atoms with Gasteiger partial charge in [-0.3, -0.25) is 0 Å². The third-order valence-corrected chi connectivity index (χ3v) is 3.29. The zero-order valence-corrected chi connectivity index (χ0v) is 11.2. The number of nitrogens with zero attached hydrogens (tertiary/aromatic N) is 2. The molecule has 0 fully saturated rings. The van der Waals surface area contributed by atoms with E-state index in [1.54, 1.807) is 0 Å². The summed E-state index contributed by atoms with van der Waals surface area (Å²) in [6.45, 7) is 4.64. The molecule has 0 aliphatic rings. The highest BCUT2D eigenvalue weighted by Gasteiger charge is 2.10. The van der Waals surface area contributed by atoms with E-state index in [-0.39, 0.29) is 0 Å². The van der Waals surface area contributed by atoms with Crippen molar-refractivity contribution in [2.24, 2.45) is 5.84 Å². The van der Waals surface area contributed by atoms with Crippen molar-refractivity contribution in [3.05, 3.63) is 35.5 Å². The van der Waals surface area contributed by atoms with Gasteiger partial charge in [-0.1, -0.05) is 36.5 Å². The number of para-hydroxylation sites is 1. The molecule has 0 aliphatic heterocycles. The zero-order valence-electron chi connectivity index (χ0n) is 10.4. The highest BCUT2D eigenvalue weighted by Crippen LogP contribution is 2.27. The van der Waals surface area contributed by atoms with E-state index in [0.29, 0.717) is 12.5 Å². The fraction of sp³-hybridized carbons (Fsp3) is 0.333. The van der Waals surface area contributed by atoms with Gasteiger partial charge in [0, 0.05) is 11.5 Å². The van der Waals surface area contributed by atoms with Gasteiger partial charge >= 0.3 is 0 Å². The number of ether oxygens (including phenoxy) is 1. The van der Waals surface area contributed by atoms with E-state index in [1.807, 2.05) is 18.2 Å². The Labute approximate surface area is 110 Å². The van der Waals surface area contributed by atoms with Crippen LogP contribution in [0.1, 0.15) is 31.0 Å². The second kappa shape index (κ2) is 5.79. The van der Waals surface area contributed by atoms with Crippen LogP contribution in [0.2, 0.25) is 0 Å². The number of nitrogens with two attached hydrogens (primary N) is 1. The molecule has 0 aliphatic carbocycles. The maximum absolute atomic E-state index is 5.79. The molecule has 1 aromatic heterocycles. The second-order valence-electron chi connectivity index (χ2n) is 4.17. The molecule has 0 bridgehead atoms. The Balaban J connectivity index is 2.11. The maximum Gasteiger partial charge on any atom is 0.150 e. The summed E-state index contributed by atoms with van der Waals surface area (Å²) in [4.78, 5) is 0. The summed E-state index contributed by atoms with van der Waals surface area (Å²) in [5.74, 6) is 6.66. The highest BCUT2D eigenvalue weighted by atomic mass is 32.1. The van der Waals surface area contributed by atoms with Gasteiger partial charge in [-0.05, 0) is 17.5 Å². The van der Waals surface area contributed by atoms with Crippen molar-refractivity contribution >= 4 is 16.5 Å². The fourth-order valence-corrected chi connectivity index (χ4v) is 2.13. The molecule has 2 rings (SSSR count). The summed E-state index contributed by atoms with van der Waals surface area (Å²) >= 11 is 1.22. The molecule has 0 atom stereocenters. The fourth-order valence-electron chi connectivity index (χ4n) is 1.65. The van der Waals surface area contributed by atoms with Crippen LogP contribution < -0.4 is 16.0 Å². The van der Waals surface area contributed by atoms with E-state index in [4.69, 9.17) is 10.6 Å². The first-order valence-electron chi connectivity index (χ1n) is 5.72. The molecule has 0 saturated heterocycles. The van der Waals surface area contributed by atoms with E-state index >= 15 is 0 Å². The number of rotatable bonds is 5. The van der Waals surface area contributed by atoms with E-state index in [2.05, 4.69) is 34.9 Å². The van der Waals surface area contributed by atoms with Gasteiger partial charge in [-0.25, -0.2) is 5.84 Å². The van der Waals surface area contributed by atoms with Crippen molar-refractivity contribution in [3.63, 3.8) is 0 Å². The summed E-state index contributed by atoms with van der Waals surface area (Å²) in [5, 5.41) is 4.71. The predicted octanol–water partition coefficient (Wildman–Crippen LogP) is 2.53. The van der Waals surface area contributed by atoms with Crippen molar-refractivity contribution < 1.29 is 4.74 Å². The van der Waals surface area contributed by atoms with Gasteiger partial charge in [0.2, 0.25) is 0 Å². The first-order valence-corrected chi connectivity index (χ1v) is 6.49. The van der Waals surface area contributed by atoms with Gasteiger partial charge in [0.25, 0.3) is 0 Å². The molecule has 0 unspecified atom stereocenters. The molecular weight excluding hydrogens is 248 g/mol. The number of nitrogen functional groups attached to an aromatic ring is 1. The monoisotopic (exact) mass is 264 g/mol. The minimum atomic E-state index is 0.361. The molecule has 6 heteroatoms. The Morgan fingerprint density at radius 3 is 2.89 bits per heavy atom. The molecule has 0 radical (unpaired) electrons. The predicted molar refractivity (Wildman–Crippen MR) is 72.6 cm³/mol. The van der Waals surface area contributed by atoms with Crippen LogP contribution in [0.25, 0.3) is 0 Å². The molecule has 18 heavy (non-hydrogen) atoms.